The fraction of sp³-hybridized carbons (Fsp3) is 0.172. The lowest BCUT2D eigenvalue weighted by Crippen LogP contribution is -2.21. The number of nitriles is 1. The number of carbonyl (C=O) groups is 1. The summed E-state index contributed by atoms with van der Waals surface area (Å²) in [7, 11) is 3.50. The number of amides is 1. The van der Waals surface area contributed by atoms with Crippen LogP contribution in [0.5, 0.6) is 0 Å². The molecule has 5 rings (SSSR count). The maximum Gasteiger partial charge on any atom is 0.253 e. The molecular weight excluding hydrogens is 434 g/mol. The smallest absolute Gasteiger partial charge is 0.253 e. The van der Waals surface area contributed by atoms with Crippen molar-refractivity contribution in [2.75, 3.05) is 14.1 Å². The Morgan fingerprint density at radius 1 is 0.943 bits per heavy atom. The van der Waals surface area contributed by atoms with Crippen LogP contribution in [0.2, 0.25) is 0 Å². The molecular formula is C29H25N5O. The number of H-pyrrole nitrogens is 1. The van der Waals surface area contributed by atoms with Crippen LogP contribution in [0.25, 0.3) is 44.2 Å². The molecule has 1 amide bonds. The molecule has 0 spiro atoms. The monoisotopic (exact) mass is 459 g/mol. The summed E-state index contributed by atoms with van der Waals surface area (Å²) in [5, 5.41) is 18.8. The fourth-order valence-corrected chi connectivity index (χ4v) is 4.28. The van der Waals surface area contributed by atoms with Crippen molar-refractivity contribution in [3.8, 4) is 28.5 Å². The van der Waals surface area contributed by atoms with Crippen molar-refractivity contribution < 1.29 is 4.79 Å². The van der Waals surface area contributed by atoms with Gasteiger partial charge in [0.1, 0.15) is 0 Å². The molecule has 35 heavy (non-hydrogen) atoms. The molecule has 1 N–H and O–H groups in total. The average molecular weight is 460 g/mol. The van der Waals surface area contributed by atoms with E-state index in [9.17, 15) is 10.1 Å². The molecule has 172 valence electrons. The van der Waals surface area contributed by atoms with E-state index in [-0.39, 0.29) is 5.91 Å². The molecule has 0 bridgehead atoms. The quantitative estimate of drug-likeness (QED) is 0.360. The van der Waals surface area contributed by atoms with Crippen LogP contribution >= 0.6 is 0 Å². The SMILES string of the molecule is CN(C)C(=O)c1cccc(-c2ccc3nc(-c4ccc(C(C)(C)C#N)cc4)c4[nH]ncc4c3c2)c1. The van der Waals surface area contributed by atoms with Gasteiger partial charge in [-0.2, -0.15) is 10.4 Å². The predicted molar refractivity (Wildman–Crippen MR) is 139 cm³/mol. The van der Waals surface area contributed by atoms with E-state index in [1.54, 1.807) is 19.0 Å². The number of aromatic amines is 1. The Hall–Kier alpha value is -4.50. The molecule has 0 aliphatic carbocycles. The zero-order valence-corrected chi connectivity index (χ0v) is 20.1. The first kappa shape index (κ1) is 22.3. The second-order valence-corrected chi connectivity index (χ2v) is 9.45. The highest BCUT2D eigenvalue weighted by molar-refractivity contribution is 6.10. The number of nitrogens with zero attached hydrogens (tertiary/aromatic N) is 4. The maximum atomic E-state index is 12.4. The third-order valence-electron chi connectivity index (χ3n) is 6.40. The van der Waals surface area contributed by atoms with E-state index in [0.717, 1.165) is 49.8 Å². The summed E-state index contributed by atoms with van der Waals surface area (Å²) in [4.78, 5) is 19.0. The highest BCUT2D eigenvalue weighted by atomic mass is 16.2. The minimum absolute atomic E-state index is 0.0275. The van der Waals surface area contributed by atoms with Gasteiger partial charge in [-0.25, -0.2) is 4.98 Å². The minimum Gasteiger partial charge on any atom is -0.345 e. The van der Waals surface area contributed by atoms with E-state index in [4.69, 9.17) is 4.98 Å². The van der Waals surface area contributed by atoms with Gasteiger partial charge in [0.15, 0.2) is 0 Å². The van der Waals surface area contributed by atoms with Crippen molar-refractivity contribution in [2.24, 2.45) is 0 Å². The predicted octanol–water partition coefficient (Wildman–Crippen LogP) is 5.95. The topological polar surface area (TPSA) is 85.7 Å². The second kappa shape index (κ2) is 8.37. The molecule has 6 heteroatoms. The molecule has 0 saturated heterocycles. The lowest BCUT2D eigenvalue weighted by molar-refractivity contribution is 0.0827. The Balaban J connectivity index is 1.61. The molecule has 0 fully saturated rings. The van der Waals surface area contributed by atoms with Gasteiger partial charge in [-0.1, -0.05) is 42.5 Å². The molecule has 2 heterocycles. The first-order valence-corrected chi connectivity index (χ1v) is 11.4. The van der Waals surface area contributed by atoms with E-state index in [1.165, 1.54) is 0 Å². The van der Waals surface area contributed by atoms with Crippen LogP contribution in [0.15, 0.2) is 72.9 Å². The fourth-order valence-electron chi connectivity index (χ4n) is 4.28. The zero-order chi connectivity index (χ0) is 24.7. The van der Waals surface area contributed by atoms with E-state index >= 15 is 0 Å². The Kier molecular flexibility index (Phi) is 5.33. The van der Waals surface area contributed by atoms with Gasteiger partial charge in [0.25, 0.3) is 5.91 Å². The van der Waals surface area contributed by atoms with Gasteiger partial charge in [-0.05, 0) is 54.8 Å². The normalized spacial score (nSPS) is 11.5. The van der Waals surface area contributed by atoms with E-state index in [1.807, 2.05) is 80.7 Å². The summed E-state index contributed by atoms with van der Waals surface area (Å²) in [5.41, 5.74) is 6.53. The van der Waals surface area contributed by atoms with Crippen LogP contribution in [0.1, 0.15) is 29.8 Å². The summed E-state index contributed by atoms with van der Waals surface area (Å²) in [5.74, 6) is -0.0275. The number of hydrogen-bond acceptors (Lipinski definition) is 4. The van der Waals surface area contributed by atoms with Crippen LogP contribution in [-0.2, 0) is 5.41 Å². The lowest BCUT2D eigenvalue weighted by Gasteiger charge is -2.16. The van der Waals surface area contributed by atoms with Gasteiger partial charge < -0.3 is 4.90 Å². The Morgan fingerprint density at radius 3 is 2.37 bits per heavy atom. The molecule has 0 aliphatic rings. The van der Waals surface area contributed by atoms with E-state index < -0.39 is 5.41 Å². The van der Waals surface area contributed by atoms with Crippen molar-refractivity contribution in [3.63, 3.8) is 0 Å². The zero-order valence-electron chi connectivity index (χ0n) is 20.1. The molecule has 0 aliphatic heterocycles. The number of nitrogens with one attached hydrogen (secondary N) is 1. The summed E-state index contributed by atoms with van der Waals surface area (Å²) < 4.78 is 0. The molecule has 3 aromatic carbocycles. The van der Waals surface area contributed by atoms with Gasteiger partial charge in [0.2, 0.25) is 0 Å². The third-order valence-corrected chi connectivity index (χ3v) is 6.40. The van der Waals surface area contributed by atoms with Gasteiger partial charge >= 0.3 is 0 Å². The Morgan fingerprint density at radius 2 is 1.66 bits per heavy atom. The minimum atomic E-state index is -0.552. The number of rotatable bonds is 4. The van der Waals surface area contributed by atoms with Gasteiger partial charge in [-0.15, -0.1) is 0 Å². The van der Waals surface area contributed by atoms with Crippen LogP contribution < -0.4 is 0 Å². The summed E-state index contributed by atoms with van der Waals surface area (Å²) in [6.45, 7) is 3.82. The van der Waals surface area contributed by atoms with Crippen molar-refractivity contribution in [1.29, 1.82) is 5.26 Å². The highest BCUT2D eigenvalue weighted by Gasteiger charge is 2.20. The van der Waals surface area contributed by atoms with E-state index in [0.29, 0.717) is 5.56 Å². The lowest BCUT2D eigenvalue weighted by atomic mass is 9.86. The number of fused-ring (bicyclic) bond motifs is 3. The summed E-state index contributed by atoms with van der Waals surface area (Å²) in [6.07, 6.45) is 1.83. The summed E-state index contributed by atoms with van der Waals surface area (Å²) >= 11 is 0. The molecule has 0 unspecified atom stereocenters. The second-order valence-electron chi connectivity index (χ2n) is 9.45. The number of pyridine rings is 1. The molecule has 0 radical (unpaired) electrons. The van der Waals surface area contributed by atoms with E-state index in [2.05, 4.69) is 22.3 Å². The van der Waals surface area contributed by atoms with Crippen molar-refractivity contribution in [1.82, 2.24) is 20.1 Å². The number of carbonyl (C=O) groups excluding carboxylic acids is 1. The summed E-state index contributed by atoms with van der Waals surface area (Å²) in [6, 6.07) is 24.1. The third kappa shape index (κ3) is 3.91. The van der Waals surface area contributed by atoms with Crippen LogP contribution in [0.4, 0.5) is 0 Å². The largest absolute Gasteiger partial charge is 0.345 e. The van der Waals surface area contributed by atoms with Gasteiger partial charge in [0, 0.05) is 36.0 Å². The first-order valence-electron chi connectivity index (χ1n) is 11.4. The van der Waals surface area contributed by atoms with Crippen molar-refractivity contribution in [3.05, 3.63) is 84.1 Å². The standard InChI is InChI=1S/C29H25N5O/c1-29(2,17-30)22-11-8-18(9-12-22)26-27-24(16-31-33-27)23-15-20(10-13-25(23)32-26)19-6-5-7-21(14-19)28(35)34(3)4/h5-16H,1-4H3,(H,31,33). The number of hydrogen-bond donors (Lipinski definition) is 1. The van der Waals surface area contributed by atoms with Crippen LogP contribution in [0.3, 0.4) is 0 Å². The van der Waals surface area contributed by atoms with Gasteiger partial charge in [0.05, 0.1) is 34.4 Å². The van der Waals surface area contributed by atoms with Crippen molar-refractivity contribution >= 4 is 27.7 Å². The molecule has 6 nitrogen and oxygen atoms in total. The van der Waals surface area contributed by atoms with Crippen molar-refractivity contribution in [2.45, 2.75) is 19.3 Å². The molecule has 2 aromatic heterocycles. The van der Waals surface area contributed by atoms with Crippen LogP contribution in [-0.4, -0.2) is 40.1 Å². The maximum absolute atomic E-state index is 12.4. The Bertz CT molecular complexity index is 1620. The molecule has 0 saturated carbocycles. The Labute approximate surface area is 203 Å². The highest BCUT2D eigenvalue weighted by Crippen LogP contribution is 2.34. The average Bonchev–Trinajstić information content (AvgIpc) is 3.38. The number of aromatic nitrogens is 3. The first-order chi connectivity index (χ1) is 16.8. The van der Waals surface area contributed by atoms with Gasteiger partial charge in [-0.3, -0.25) is 9.89 Å². The molecule has 0 atom stereocenters. The number of benzene rings is 3. The van der Waals surface area contributed by atoms with Crippen LogP contribution in [0, 0.1) is 11.3 Å². The molecule has 5 aromatic rings.